The zero-order valence-electron chi connectivity index (χ0n) is 8.61. The van der Waals surface area contributed by atoms with Crippen molar-refractivity contribution in [3.63, 3.8) is 0 Å². The summed E-state index contributed by atoms with van der Waals surface area (Å²) in [6.07, 6.45) is 1.91. The van der Waals surface area contributed by atoms with Crippen LogP contribution in [0.1, 0.15) is 16.2 Å². The molecule has 0 bridgehead atoms. The summed E-state index contributed by atoms with van der Waals surface area (Å²) in [6, 6.07) is 5.36. The van der Waals surface area contributed by atoms with Crippen LogP contribution >= 0.6 is 11.8 Å². The Bertz CT molecular complexity index is 504. The van der Waals surface area contributed by atoms with Crippen molar-refractivity contribution in [2.45, 2.75) is 6.92 Å². The molecular formula is C11H11NO2S. The zero-order valence-corrected chi connectivity index (χ0v) is 9.43. The van der Waals surface area contributed by atoms with Gasteiger partial charge in [0.1, 0.15) is 5.52 Å². The maximum absolute atomic E-state index is 11.6. The summed E-state index contributed by atoms with van der Waals surface area (Å²) in [7, 11) is 0. The smallest absolute Gasteiger partial charge is 0.192 e. The van der Waals surface area contributed by atoms with E-state index in [4.69, 9.17) is 4.42 Å². The topological polar surface area (TPSA) is 43.1 Å². The number of carbonyl (C=O) groups is 1. The van der Waals surface area contributed by atoms with Crippen LogP contribution in [0.4, 0.5) is 0 Å². The Morgan fingerprint density at radius 3 is 3.07 bits per heavy atom. The Morgan fingerprint density at radius 2 is 2.33 bits per heavy atom. The molecule has 2 aromatic rings. The first-order valence-corrected chi connectivity index (χ1v) is 5.99. The third kappa shape index (κ3) is 2.04. The monoisotopic (exact) mass is 221 g/mol. The first-order valence-electron chi connectivity index (χ1n) is 4.60. The lowest BCUT2D eigenvalue weighted by molar-refractivity contribution is 0.102. The molecule has 0 unspecified atom stereocenters. The van der Waals surface area contributed by atoms with E-state index in [1.165, 1.54) is 11.8 Å². The Hall–Kier alpha value is -1.29. The van der Waals surface area contributed by atoms with Crippen LogP contribution < -0.4 is 0 Å². The molecule has 1 aromatic carbocycles. The number of hydrogen-bond donors (Lipinski definition) is 0. The van der Waals surface area contributed by atoms with Crippen LogP contribution in [0.25, 0.3) is 11.1 Å². The summed E-state index contributed by atoms with van der Waals surface area (Å²) in [5, 5.41) is 0. The molecule has 0 saturated carbocycles. The quantitative estimate of drug-likeness (QED) is 0.747. The Balaban J connectivity index is 2.41. The number of aromatic nitrogens is 1. The van der Waals surface area contributed by atoms with Crippen LogP contribution in [0.5, 0.6) is 0 Å². The van der Waals surface area contributed by atoms with Crippen LogP contribution in [-0.4, -0.2) is 22.8 Å². The summed E-state index contributed by atoms with van der Waals surface area (Å²) in [6.45, 7) is 1.80. The third-order valence-corrected chi connectivity index (χ3v) is 2.64. The minimum atomic E-state index is 0.130. The average molecular weight is 221 g/mol. The van der Waals surface area contributed by atoms with Crippen LogP contribution in [0.2, 0.25) is 0 Å². The summed E-state index contributed by atoms with van der Waals surface area (Å²) >= 11 is 1.52. The van der Waals surface area contributed by atoms with Gasteiger partial charge in [0.05, 0.1) is 5.75 Å². The maximum Gasteiger partial charge on any atom is 0.192 e. The fourth-order valence-corrected chi connectivity index (χ4v) is 1.86. The van der Waals surface area contributed by atoms with E-state index in [0.717, 1.165) is 11.1 Å². The second-order valence-corrected chi connectivity index (χ2v) is 4.14. The number of aryl methyl sites for hydroxylation is 1. The number of carbonyl (C=O) groups excluding carboxylic acids is 1. The molecule has 78 valence electrons. The predicted octanol–water partition coefficient (Wildman–Crippen LogP) is 2.68. The Labute approximate surface area is 91.9 Å². The predicted molar refractivity (Wildman–Crippen MR) is 61.5 cm³/mol. The fourth-order valence-electron chi connectivity index (χ4n) is 1.43. The van der Waals surface area contributed by atoms with Gasteiger partial charge in [0, 0.05) is 12.5 Å². The molecule has 15 heavy (non-hydrogen) atoms. The van der Waals surface area contributed by atoms with Gasteiger partial charge in [-0.1, -0.05) is 0 Å². The van der Waals surface area contributed by atoms with Gasteiger partial charge in [0.2, 0.25) is 0 Å². The second-order valence-electron chi connectivity index (χ2n) is 3.27. The first kappa shape index (κ1) is 10.2. The number of rotatable bonds is 3. The van der Waals surface area contributed by atoms with Crippen molar-refractivity contribution in [3.05, 3.63) is 29.7 Å². The number of ketones is 1. The van der Waals surface area contributed by atoms with E-state index in [1.807, 2.05) is 6.26 Å². The van der Waals surface area contributed by atoms with E-state index in [1.54, 1.807) is 25.1 Å². The van der Waals surface area contributed by atoms with Crippen molar-refractivity contribution in [1.82, 2.24) is 4.98 Å². The van der Waals surface area contributed by atoms with E-state index in [0.29, 0.717) is 17.2 Å². The molecule has 0 fully saturated rings. The van der Waals surface area contributed by atoms with Crippen molar-refractivity contribution < 1.29 is 9.21 Å². The van der Waals surface area contributed by atoms with Gasteiger partial charge in [-0.25, -0.2) is 4.98 Å². The highest BCUT2D eigenvalue weighted by atomic mass is 32.2. The van der Waals surface area contributed by atoms with E-state index in [9.17, 15) is 4.79 Å². The average Bonchev–Trinajstić information content (AvgIpc) is 2.57. The lowest BCUT2D eigenvalue weighted by Gasteiger charge is -1.97. The van der Waals surface area contributed by atoms with E-state index in [-0.39, 0.29) is 5.78 Å². The summed E-state index contributed by atoms with van der Waals surface area (Å²) < 4.78 is 5.33. The maximum atomic E-state index is 11.6. The lowest BCUT2D eigenvalue weighted by Crippen LogP contribution is -2.01. The minimum Gasteiger partial charge on any atom is -0.441 e. The van der Waals surface area contributed by atoms with Crippen LogP contribution in [-0.2, 0) is 0 Å². The number of hydrogen-bond acceptors (Lipinski definition) is 4. The molecule has 0 aliphatic rings. The second kappa shape index (κ2) is 4.06. The summed E-state index contributed by atoms with van der Waals surface area (Å²) in [4.78, 5) is 15.8. The molecule has 4 heteroatoms. The molecule has 3 nitrogen and oxygen atoms in total. The van der Waals surface area contributed by atoms with Crippen molar-refractivity contribution in [3.8, 4) is 0 Å². The molecule has 0 saturated heterocycles. The molecular weight excluding hydrogens is 210 g/mol. The van der Waals surface area contributed by atoms with Gasteiger partial charge in [-0.3, -0.25) is 4.79 Å². The highest BCUT2D eigenvalue weighted by Crippen LogP contribution is 2.17. The van der Waals surface area contributed by atoms with E-state index in [2.05, 4.69) is 4.98 Å². The summed E-state index contributed by atoms with van der Waals surface area (Å²) in [5.41, 5.74) is 2.18. The first-order chi connectivity index (χ1) is 7.20. The normalized spacial score (nSPS) is 10.8. The number of benzene rings is 1. The highest BCUT2D eigenvalue weighted by Gasteiger charge is 2.08. The van der Waals surface area contributed by atoms with Crippen molar-refractivity contribution in [2.75, 3.05) is 12.0 Å². The zero-order chi connectivity index (χ0) is 10.8. The largest absolute Gasteiger partial charge is 0.441 e. The number of oxazole rings is 1. The number of fused-ring (bicyclic) bond motifs is 1. The van der Waals surface area contributed by atoms with Crippen LogP contribution in [0.15, 0.2) is 22.6 Å². The Kier molecular flexibility index (Phi) is 2.77. The van der Waals surface area contributed by atoms with Gasteiger partial charge in [-0.15, -0.1) is 0 Å². The van der Waals surface area contributed by atoms with Crippen molar-refractivity contribution >= 4 is 28.6 Å². The molecule has 0 aliphatic carbocycles. The lowest BCUT2D eigenvalue weighted by atomic mass is 10.1. The van der Waals surface area contributed by atoms with Gasteiger partial charge in [-0.05, 0) is 24.5 Å². The molecule has 0 N–H and O–H groups in total. The molecule has 0 amide bonds. The van der Waals surface area contributed by atoms with Gasteiger partial charge < -0.3 is 4.42 Å². The number of nitrogens with zero attached hydrogens (tertiary/aromatic N) is 1. The van der Waals surface area contributed by atoms with Crippen molar-refractivity contribution in [1.29, 1.82) is 0 Å². The molecule has 0 spiro atoms. The van der Waals surface area contributed by atoms with Crippen LogP contribution in [0.3, 0.4) is 0 Å². The van der Waals surface area contributed by atoms with Crippen molar-refractivity contribution in [2.24, 2.45) is 0 Å². The minimum absolute atomic E-state index is 0.130. The standard InChI is InChI=1S/C11H11NO2S/c1-7-12-9-5-8(10(13)6-15-2)3-4-11(9)14-7/h3-5H,6H2,1-2H3. The molecule has 2 rings (SSSR count). The van der Waals surface area contributed by atoms with Crippen LogP contribution in [0, 0.1) is 6.92 Å². The third-order valence-electron chi connectivity index (χ3n) is 2.09. The fraction of sp³-hybridized carbons (Fsp3) is 0.273. The SMILES string of the molecule is CSCC(=O)c1ccc2oc(C)nc2c1. The van der Waals surface area contributed by atoms with Gasteiger partial charge in [-0.2, -0.15) is 11.8 Å². The van der Waals surface area contributed by atoms with E-state index >= 15 is 0 Å². The molecule has 1 aromatic heterocycles. The number of Topliss-reactive ketones (excluding diaryl/α,β-unsaturated/α-hetero) is 1. The summed E-state index contributed by atoms with van der Waals surface area (Å²) in [5.74, 6) is 1.26. The molecule has 0 aliphatic heterocycles. The van der Waals surface area contributed by atoms with Gasteiger partial charge >= 0.3 is 0 Å². The molecule has 0 radical (unpaired) electrons. The van der Waals surface area contributed by atoms with E-state index < -0.39 is 0 Å². The number of thioether (sulfide) groups is 1. The van der Waals surface area contributed by atoms with Gasteiger partial charge in [0.25, 0.3) is 0 Å². The molecule has 1 heterocycles. The Morgan fingerprint density at radius 1 is 1.53 bits per heavy atom. The molecule has 0 atom stereocenters. The highest BCUT2D eigenvalue weighted by molar-refractivity contribution is 7.99. The van der Waals surface area contributed by atoms with Gasteiger partial charge in [0.15, 0.2) is 17.3 Å².